The molecule has 0 atom stereocenters. The van der Waals surface area contributed by atoms with Gasteiger partial charge in [-0.05, 0) is 61.2 Å². The molecule has 0 saturated carbocycles. The van der Waals surface area contributed by atoms with E-state index in [0.717, 1.165) is 29.4 Å². The molecular weight excluding hydrogens is 455 g/mol. The summed E-state index contributed by atoms with van der Waals surface area (Å²) >= 11 is 1.06. The second-order valence-electron chi connectivity index (χ2n) is 7.87. The van der Waals surface area contributed by atoms with E-state index in [9.17, 15) is 18.0 Å². The molecule has 1 N–H and O–H groups in total. The number of aromatic nitrogens is 3. The number of hydrogen-bond donors (Lipinski definition) is 1. The molecular formula is C22H22F3N5O2S. The summed E-state index contributed by atoms with van der Waals surface area (Å²) in [6.45, 7) is 3.04. The summed E-state index contributed by atoms with van der Waals surface area (Å²) < 4.78 is 53.6. The van der Waals surface area contributed by atoms with Crippen LogP contribution < -0.4 is 15.0 Å². The molecule has 1 fully saturated rings. The number of anilines is 2. The molecule has 0 unspecified atom stereocenters. The van der Waals surface area contributed by atoms with E-state index >= 15 is 0 Å². The van der Waals surface area contributed by atoms with Crippen LogP contribution in [0.5, 0.6) is 5.88 Å². The third-order valence-electron chi connectivity index (χ3n) is 5.40. The first-order valence-electron chi connectivity index (χ1n) is 10.4. The Morgan fingerprint density at radius 2 is 1.91 bits per heavy atom. The number of piperidine rings is 1. The van der Waals surface area contributed by atoms with Gasteiger partial charge in [-0.25, -0.2) is 0 Å². The van der Waals surface area contributed by atoms with Gasteiger partial charge in [-0.15, -0.1) is 4.37 Å². The fourth-order valence-electron chi connectivity index (χ4n) is 3.71. The van der Waals surface area contributed by atoms with Crippen LogP contribution in [-0.2, 0) is 17.6 Å². The summed E-state index contributed by atoms with van der Waals surface area (Å²) in [5.41, 5.74) is 0.780. The van der Waals surface area contributed by atoms with Gasteiger partial charge in [0.1, 0.15) is 6.61 Å². The fraction of sp³-hybridized carbons (Fsp3) is 0.364. The molecule has 0 aliphatic carbocycles. The quantitative estimate of drug-likeness (QED) is 0.555. The van der Waals surface area contributed by atoms with Gasteiger partial charge in [0.2, 0.25) is 11.7 Å². The third-order valence-corrected chi connectivity index (χ3v) is 5.91. The molecule has 174 valence electrons. The van der Waals surface area contributed by atoms with Crippen molar-refractivity contribution >= 4 is 29.1 Å². The third kappa shape index (κ3) is 5.78. The van der Waals surface area contributed by atoms with E-state index in [-0.39, 0.29) is 17.5 Å². The highest BCUT2D eigenvalue weighted by Gasteiger charge is 2.32. The lowest BCUT2D eigenvalue weighted by atomic mass is 9.95. The molecule has 3 aromatic rings. The number of alkyl halides is 3. The molecule has 7 nitrogen and oxygen atoms in total. The number of ether oxygens (including phenoxy) is 1. The average molecular weight is 478 g/mol. The van der Waals surface area contributed by atoms with Crippen molar-refractivity contribution in [2.75, 3.05) is 23.3 Å². The van der Waals surface area contributed by atoms with E-state index in [1.54, 1.807) is 19.3 Å². The van der Waals surface area contributed by atoms with Gasteiger partial charge in [-0.2, -0.15) is 17.5 Å². The highest BCUT2D eigenvalue weighted by molar-refractivity contribution is 6.99. The molecule has 0 radical (unpaired) electrons. The highest BCUT2D eigenvalue weighted by atomic mass is 32.1. The summed E-state index contributed by atoms with van der Waals surface area (Å²) in [7, 11) is 0. The minimum absolute atomic E-state index is 0.158. The van der Waals surface area contributed by atoms with Crippen molar-refractivity contribution < 1.29 is 22.7 Å². The fourth-order valence-corrected chi connectivity index (χ4v) is 4.23. The number of aryl methyl sites for hydroxylation is 1. The number of nitrogens with one attached hydrogen (secondary N) is 1. The predicted octanol–water partition coefficient (Wildman–Crippen LogP) is 4.69. The second-order valence-corrected chi connectivity index (χ2v) is 8.40. The normalized spacial score (nSPS) is 14.8. The van der Waals surface area contributed by atoms with E-state index in [1.807, 2.05) is 17.0 Å². The molecule has 1 aliphatic heterocycles. The first-order valence-corrected chi connectivity index (χ1v) is 11.1. The number of carbonyl (C=O) groups is 1. The molecule has 3 heterocycles. The molecule has 11 heteroatoms. The minimum atomic E-state index is -4.46. The van der Waals surface area contributed by atoms with E-state index in [4.69, 9.17) is 4.74 Å². The molecule has 1 amide bonds. The van der Waals surface area contributed by atoms with Crippen molar-refractivity contribution in [3.8, 4) is 5.88 Å². The lowest BCUT2D eigenvalue weighted by molar-refractivity contribution is -0.137. The first kappa shape index (κ1) is 23.0. The molecule has 33 heavy (non-hydrogen) atoms. The maximum absolute atomic E-state index is 13.1. The SMILES string of the molecule is Cc1cc(NC(=O)C2CCN(c3nsnc3OCc3ccncc3)CC2)cc(C(F)(F)F)c1. The van der Waals surface area contributed by atoms with Gasteiger partial charge in [0.05, 0.1) is 17.3 Å². The Hall–Kier alpha value is -3.21. The Morgan fingerprint density at radius 1 is 1.18 bits per heavy atom. The van der Waals surface area contributed by atoms with Gasteiger partial charge in [0.25, 0.3) is 5.88 Å². The van der Waals surface area contributed by atoms with Crippen molar-refractivity contribution in [1.82, 2.24) is 13.7 Å². The van der Waals surface area contributed by atoms with Crippen molar-refractivity contribution in [3.63, 3.8) is 0 Å². The van der Waals surface area contributed by atoms with Crippen LogP contribution >= 0.6 is 11.7 Å². The zero-order valence-electron chi connectivity index (χ0n) is 17.8. The average Bonchev–Trinajstić information content (AvgIpc) is 3.26. The van der Waals surface area contributed by atoms with Crippen molar-refractivity contribution in [2.24, 2.45) is 5.92 Å². The maximum atomic E-state index is 13.1. The second kappa shape index (κ2) is 9.74. The Balaban J connectivity index is 1.34. The predicted molar refractivity (Wildman–Crippen MR) is 118 cm³/mol. The number of hydrogen-bond acceptors (Lipinski definition) is 7. The number of amides is 1. The number of carbonyl (C=O) groups excluding carboxylic acids is 1. The van der Waals surface area contributed by atoms with Gasteiger partial charge in [-0.1, -0.05) is 0 Å². The zero-order chi connectivity index (χ0) is 23.4. The first-order chi connectivity index (χ1) is 15.8. The van der Waals surface area contributed by atoms with Crippen LogP contribution in [0, 0.1) is 12.8 Å². The Morgan fingerprint density at radius 3 is 2.61 bits per heavy atom. The largest absolute Gasteiger partial charge is 0.470 e. The van der Waals surface area contributed by atoms with Gasteiger partial charge >= 0.3 is 6.18 Å². The van der Waals surface area contributed by atoms with Crippen LogP contribution in [-0.4, -0.2) is 32.7 Å². The van der Waals surface area contributed by atoms with Gasteiger partial charge in [0.15, 0.2) is 0 Å². The van der Waals surface area contributed by atoms with Crippen LogP contribution in [0.3, 0.4) is 0 Å². The highest BCUT2D eigenvalue weighted by Crippen LogP contribution is 2.33. The van der Waals surface area contributed by atoms with E-state index in [1.165, 1.54) is 6.07 Å². The Bertz CT molecular complexity index is 1100. The number of benzene rings is 1. The molecule has 1 aromatic carbocycles. The summed E-state index contributed by atoms with van der Waals surface area (Å²) in [6.07, 6.45) is 0.0105. The van der Waals surface area contributed by atoms with Crippen molar-refractivity contribution in [1.29, 1.82) is 0 Å². The smallest absolute Gasteiger partial charge is 0.416 e. The topological polar surface area (TPSA) is 80.2 Å². The summed E-state index contributed by atoms with van der Waals surface area (Å²) in [4.78, 5) is 18.7. The van der Waals surface area contributed by atoms with Crippen LogP contribution in [0.25, 0.3) is 0 Å². The number of nitrogens with zero attached hydrogens (tertiary/aromatic N) is 4. The summed E-state index contributed by atoms with van der Waals surface area (Å²) in [5, 5.41) is 2.65. The standard InChI is InChI=1S/C22H22F3N5O2S/c1-14-10-17(22(23,24)25)12-18(11-14)27-20(31)16-4-8-30(9-5-16)19-21(29-33-28-19)32-13-15-2-6-26-7-3-15/h2-3,6-7,10-12,16H,4-5,8-9,13H2,1H3,(H,27,31). The zero-order valence-corrected chi connectivity index (χ0v) is 18.6. The minimum Gasteiger partial charge on any atom is -0.470 e. The molecule has 1 saturated heterocycles. The van der Waals surface area contributed by atoms with Crippen molar-refractivity contribution in [3.05, 3.63) is 59.4 Å². The molecule has 0 bridgehead atoms. The van der Waals surface area contributed by atoms with Crippen LogP contribution in [0.4, 0.5) is 24.7 Å². The number of pyridine rings is 1. The van der Waals surface area contributed by atoms with Crippen LogP contribution in [0.15, 0.2) is 42.7 Å². The molecule has 1 aliphatic rings. The van der Waals surface area contributed by atoms with E-state index in [0.29, 0.717) is 49.8 Å². The summed E-state index contributed by atoms with van der Waals surface area (Å²) in [5.74, 6) is 0.503. The molecule has 4 rings (SSSR count). The lowest BCUT2D eigenvalue weighted by Crippen LogP contribution is -2.38. The number of halogens is 3. The van der Waals surface area contributed by atoms with Crippen LogP contribution in [0.1, 0.15) is 29.5 Å². The Labute approximate surface area is 192 Å². The Kier molecular flexibility index (Phi) is 6.77. The van der Waals surface area contributed by atoms with Gasteiger partial charge in [-0.3, -0.25) is 9.78 Å². The summed E-state index contributed by atoms with van der Waals surface area (Å²) in [6, 6.07) is 7.28. The van der Waals surface area contributed by atoms with Gasteiger partial charge < -0.3 is 15.0 Å². The molecule has 2 aromatic heterocycles. The lowest BCUT2D eigenvalue weighted by Gasteiger charge is -2.31. The van der Waals surface area contributed by atoms with Crippen molar-refractivity contribution in [2.45, 2.75) is 32.5 Å². The monoisotopic (exact) mass is 477 g/mol. The maximum Gasteiger partial charge on any atom is 0.416 e. The van der Waals surface area contributed by atoms with Crippen LogP contribution in [0.2, 0.25) is 0 Å². The van der Waals surface area contributed by atoms with Gasteiger partial charge in [0, 0.05) is 37.1 Å². The van der Waals surface area contributed by atoms with E-state index in [2.05, 4.69) is 19.0 Å². The number of rotatable bonds is 6. The molecule has 0 spiro atoms. The van der Waals surface area contributed by atoms with E-state index < -0.39 is 11.7 Å².